The molecule has 1 aromatic rings. The number of nitrogens with zero attached hydrogens (tertiary/aromatic N) is 1. The van der Waals surface area contributed by atoms with E-state index in [0.29, 0.717) is 11.1 Å². The van der Waals surface area contributed by atoms with Crippen LogP contribution in [-0.4, -0.2) is 16.8 Å². The Morgan fingerprint density at radius 2 is 1.67 bits per heavy atom. The van der Waals surface area contributed by atoms with Crippen LogP contribution in [0.5, 0.6) is 0 Å². The molecule has 0 aromatic heterocycles. The highest BCUT2D eigenvalue weighted by Crippen LogP contribution is 2.07. The molecule has 0 unspecified atom stereocenters. The molecule has 7 nitrogen and oxygen atoms in total. The van der Waals surface area contributed by atoms with Crippen LogP contribution in [-0.2, 0) is 32.4 Å². The third kappa shape index (κ3) is 4.60. The molecule has 1 rings (SSSR count). The minimum atomic E-state index is -0.893. The summed E-state index contributed by atoms with van der Waals surface area (Å²) in [5.74, 6) is -1.55. The van der Waals surface area contributed by atoms with Crippen molar-refractivity contribution in [3.05, 3.63) is 45.5 Å². The highest BCUT2D eigenvalue weighted by atomic mass is 16.9. The standard InChI is InChI=1S/C11H11NO6/c1-8(13)11(14)17-6-9-2-4-10(5-3-9)7-18-12(15)16/h2-5H,6-7H2,1H3. The summed E-state index contributed by atoms with van der Waals surface area (Å²) in [5.41, 5.74) is 1.29. The van der Waals surface area contributed by atoms with Crippen molar-refractivity contribution in [1.82, 2.24) is 0 Å². The van der Waals surface area contributed by atoms with Gasteiger partial charge in [0.1, 0.15) is 13.2 Å². The average molecular weight is 253 g/mol. The minimum absolute atomic E-state index is 0.0191. The molecule has 0 radical (unpaired) electrons. The van der Waals surface area contributed by atoms with Crippen molar-refractivity contribution < 1.29 is 24.3 Å². The van der Waals surface area contributed by atoms with Gasteiger partial charge < -0.3 is 9.57 Å². The van der Waals surface area contributed by atoms with Crippen LogP contribution in [0.2, 0.25) is 0 Å². The number of hydrogen-bond donors (Lipinski definition) is 0. The van der Waals surface area contributed by atoms with Gasteiger partial charge in [-0.1, -0.05) is 24.3 Å². The lowest BCUT2D eigenvalue weighted by atomic mass is 10.1. The van der Waals surface area contributed by atoms with E-state index in [-0.39, 0.29) is 13.2 Å². The quantitative estimate of drug-likeness (QED) is 0.325. The SMILES string of the molecule is CC(=O)C(=O)OCc1ccc(CO[N+](=O)[O-])cc1. The first-order chi connectivity index (χ1) is 8.49. The Kier molecular flexibility index (Phi) is 4.79. The van der Waals surface area contributed by atoms with Crippen LogP contribution in [0.4, 0.5) is 0 Å². The van der Waals surface area contributed by atoms with Gasteiger partial charge in [0.2, 0.25) is 5.78 Å². The second-order valence-electron chi connectivity index (χ2n) is 3.45. The fourth-order valence-corrected chi connectivity index (χ4v) is 1.11. The van der Waals surface area contributed by atoms with Gasteiger partial charge in [-0.05, 0) is 11.1 Å². The maximum absolute atomic E-state index is 10.9. The van der Waals surface area contributed by atoms with Crippen LogP contribution < -0.4 is 0 Å². The maximum atomic E-state index is 10.9. The number of hydrogen-bond acceptors (Lipinski definition) is 6. The fourth-order valence-electron chi connectivity index (χ4n) is 1.11. The molecule has 0 heterocycles. The van der Waals surface area contributed by atoms with E-state index in [9.17, 15) is 19.7 Å². The van der Waals surface area contributed by atoms with E-state index in [2.05, 4.69) is 4.84 Å². The predicted octanol–water partition coefficient (Wildman–Crippen LogP) is 1.03. The Balaban J connectivity index is 2.47. The summed E-state index contributed by atoms with van der Waals surface area (Å²) in [6.07, 6.45) is 0. The molecule has 0 atom stereocenters. The highest BCUT2D eigenvalue weighted by molar-refractivity contribution is 6.32. The van der Waals surface area contributed by atoms with Gasteiger partial charge in [-0.15, -0.1) is 10.1 Å². The van der Waals surface area contributed by atoms with Gasteiger partial charge in [0.25, 0.3) is 5.09 Å². The zero-order valence-corrected chi connectivity index (χ0v) is 9.62. The van der Waals surface area contributed by atoms with Crippen LogP contribution in [0.3, 0.4) is 0 Å². The molecular formula is C11H11NO6. The molecule has 96 valence electrons. The first kappa shape index (κ1) is 13.6. The smallest absolute Gasteiger partial charge is 0.374 e. The lowest BCUT2D eigenvalue weighted by Crippen LogP contribution is -2.13. The monoisotopic (exact) mass is 253 g/mol. The molecule has 0 bridgehead atoms. The van der Waals surface area contributed by atoms with E-state index in [1.807, 2.05) is 0 Å². The number of benzene rings is 1. The van der Waals surface area contributed by atoms with Crippen molar-refractivity contribution in [2.45, 2.75) is 20.1 Å². The van der Waals surface area contributed by atoms with Crippen molar-refractivity contribution in [3.8, 4) is 0 Å². The Morgan fingerprint density at radius 1 is 1.17 bits per heavy atom. The van der Waals surface area contributed by atoms with Gasteiger partial charge >= 0.3 is 5.97 Å². The largest absolute Gasteiger partial charge is 0.455 e. The van der Waals surface area contributed by atoms with Gasteiger partial charge in [0, 0.05) is 6.92 Å². The summed E-state index contributed by atoms with van der Waals surface area (Å²) >= 11 is 0. The third-order valence-corrected chi connectivity index (χ3v) is 2.02. The maximum Gasteiger partial charge on any atom is 0.374 e. The van der Waals surface area contributed by atoms with Crippen LogP contribution >= 0.6 is 0 Å². The van der Waals surface area contributed by atoms with E-state index in [0.717, 1.165) is 6.92 Å². The summed E-state index contributed by atoms with van der Waals surface area (Å²) in [7, 11) is 0. The van der Waals surface area contributed by atoms with Crippen molar-refractivity contribution in [3.63, 3.8) is 0 Å². The molecule has 0 aliphatic carbocycles. The molecular weight excluding hydrogens is 242 g/mol. The topological polar surface area (TPSA) is 95.7 Å². The third-order valence-electron chi connectivity index (χ3n) is 2.02. The molecule has 0 fully saturated rings. The lowest BCUT2D eigenvalue weighted by Gasteiger charge is -2.04. The number of esters is 1. The molecule has 0 spiro atoms. The highest BCUT2D eigenvalue weighted by Gasteiger charge is 2.08. The molecule has 0 aliphatic heterocycles. The van der Waals surface area contributed by atoms with Crippen molar-refractivity contribution in [2.75, 3.05) is 0 Å². The molecule has 7 heteroatoms. The van der Waals surface area contributed by atoms with Gasteiger partial charge in [0.15, 0.2) is 0 Å². The summed E-state index contributed by atoms with van der Waals surface area (Å²) in [6, 6.07) is 6.49. The number of ketones is 1. The van der Waals surface area contributed by atoms with Gasteiger partial charge in [-0.3, -0.25) is 4.79 Å². The number of rotatable bonds is 6. The number of carbonyl (C=O) groups is 2. The number of Topliss-reactive ketones (excluding diaryl/α,β-unsaturated/α-hetero) is 1. The zero-order chi connectivity index (χ0) is 13.5. The van der Waals surface area contributed by atoms with Crippen molar-refractivity contribution in [1.29, 1.82) is 0 Å². The molecule has 18 heavy (non-hydrogen) atoms. The summed E-state index contributed by atoms with van der Waals surface area (Å²) in [5, 5.41) is 9.10. The number of carbonyl (C=O) groups excluding carboxylic acids is 2. The van der Waals surface area contributed by atoms with E-state index >= 15 is 0 Å². The zero-order valence-electron chi connectivity index (χ0n) is 9.62. The van der Waals surface area contributed by atoms with Crippen LogP contribution in [0, 0.1) is 10.1 Å². The molecule has 0 amide bonds. The second kappa shape index (κ2) is 6.33. The summed E-state index contributed by atoms with van der Waals surface area (Å²) in [4.78, 5) is 35.7. The van der Waals surface area contributed by atoms with Gasteiger partial charge in [-0.25, -0.2) is 4.79 Å². The van der Waals surface area contributed by atoms with Crippen molar-refractivity contribution in [2.24, 2.45) is 0 Å². The Bertz CT molecular complexity index is 453. The normalized spacial score (nSPS) is 9.61. The van der Waals surface area contributed by atoms with Crippen molar-refractivity contribution >= 4 is 11.8 Å². The molecule has 0 aliphatic rings. The van der Waals surface area contributed by atoms with E-state index < -0.39 is 16.8 Å². The minimum Gasteiger partial charge on any atom is -0.455 e. The second-order valence-corrected chi connectivity index (χ2v) is 3.45. The fraction of sp³-hybridized carbons (Fsp3) is 0.273. The molecule has 0 N–H and O–H groups in total. The average Bonchev–Trinajstić information content (AvgIpc) is 2.34. The summed E-state index contributed by atoms with van der Waals surface area (Å²) in [6.45, 7) is 0.968. The van der Waals surface area contributed by atoms with Gasteiger partial charge in [-0.2, -0.15) is 0 Å². The number of ether oxygens (including phenoxy) is 1. The van der Waals surface area contributed by atoms with E-state index in [4.69, 9.17) is 4.74 Å². The van der Waals surface area contributed by atoms with E-state index in [1.54, 1.807) is 24.3 Å². The Hall–Kier alpha value is -2.44. The Labute approximate surface area is 102 Å². The lowest BCUT2D eigenvalue weighted by molar-refractivity contribution is -0.763. The molecule has 0 saturated carbocycles. The first-order valence-electron chi connectivity index (χ1n) is 5.02. The van der Waals surface area contributed by atoms with Crippen LogP contribution in [0.1, 0.15) is 18.1 Å². The summed E-state index contributed by atoms with van der Waals surface area (Å²) < 4.78 is 4.70. The van der Waals surface area contributed by atoms with Crippen LogP contribution in [0.25, 0.3) is 0 Å². The molecule has 1 aromatic carbocycles. The molecule has 0 saturated heterocycles. The van der Waals surface area contributed by atoms with Gasteiger partial charge in [0.05, 0.1) is 0 Å². The first-order valence-corrected chi connectivity index (χ1v) is 5.02. The van der Waals surface area contributed by atoms with E-state index in [1.165, 1.54) is 0 Å². The van der Waals surface area contributed by atoms with Crippen LogP contribution in [0.15, 0.2) is 24.3 Å². The Morgan fingerprint density at radius 3 is 2.11 bits per heavy atom. The predicted molar refractivity (Wildman–Crippen MR) is 58.7 cm³/mol.